The Bertz CT molecular complexity index is 1510. The zero-order valence-electron chi connectivity index (χ0n) is 21.3. The summed E-state index contributed by atoms with van der Waals surface area (Å²) in [5, 5.41) is 4.66. The van der Waals surface area contributed by atoms with Crippen LogP contribution in [0.1, 0.15) is 43.3 Å². The highest BCUT2D eigenvalue weighted by atomic mass is 79.9. The third-order valence-electron chi connectivity index (χ3n) is 7.55. The van der Waals surface area contributed by atoms with Crippen LogP contribution in [0.3, 0.4) is 0 Å². The number of piperidine rings is 1. The quantitative estimate of drug-likeness (QED) is 0.225. The molecule has 5 nitrogen and oxygen atoms in total. The fraction of sp³-hybridized carbons (Fsp3) is 0.267. The maximum absolute atomic E-state index is 14.8. The van der Waals surface area contributed by atoms with Gasteiger partial charge in [-0.1, -0.05) is 40.5 Å². The van der Waals surface area contributed by atoms with Crippen molar-refractivity contribution in [1.82, 2.24) is 10.3 Å². The maximum atomic E-state index is 14.8. The van der Waals surface area contributed by atoms with Crippen LogP contribution < -0.4 is 15.1 Å². The minimum Gasteiger partial charge on any atom is -0.459 e. The minimum atomic E-state index is -0.364. The average Bonchev–Trinajstić information content (AvgIpc) is 3.54. The van der Waals surface area contributed by atoms with Crippen molar-refractivity contribution < 1.29 is 8.81 Å². The molecule has 0 unspecified atom stereocenters. The number of rotatable bonds is 5. The number of nitrogens with zero attached hydrogens (tertiary/aromatic N) is 3. The van der Waals surface area contributed by atoms with Crippen molar-refractivity contribution in [2.45, 2.75) is 31.8 Å². The number of furan rings is 1. The van der Waals surface area contributed by atoms with Gasteiger partial charge in [0.2, 0.25) is 0 Å². The van der Waals surface area contributed by atoms with Crippen molar-refractivity contribution in [1.29, 1.82) is 0 Å². The van der Waals surface area contributed by atoms with Crippen molar-refractivity contribution >= 4 is 56.2 Å². The second-order valence-corrected chi connectivity index (χ2v) is 11.8. The van der Waals surface area contributed by atoms with Gasteiger partial charge in [-0.05, 0) is 91.6 Å². The summed E-state index contributed by atoms with van der Waals surface area (Å²) in [6.45, 7) is 4.29. The van der Waals surface area contributed by atoms with E-state index in [9.17, 15) is 4.39 Å². The topological polar surface area (TPSA) is 44.5 Å². The van der Waals surface area contributed by atoms with E-state index < -0.39 is 0 Å². The van der Waals surface area contributed by atoms with Gasteiger partial charge in [0.05, 0.1) is 28.0 Å². The van der Waals surface area contributed by atoms with E-state index in [1.165, 1.54) is 6.07 Å². The summed E-state index contributed by atoms with van der Waals surface area (Å²) in [4.78, 5) is 8.97. The first-order valence-electron chi connectivity index (χ1n) is 13.0. The van der Waals surface area contributed by atoms with Crippen molar-refractivity contribution in [3.8, 4) is 11.3 Å². The highest BCUT2D eigenvalue weighted by Gasteiger charge is 2.43. The first-order chi connectivity index (χ1) is 18.9. The first-order valence-corrected chi connectivity index (χ1v) is 14.6. The number of thiocarbonyl (C=S) groups is 1. The van der Waals surface area contributed by atoms with Gasteiger partial charge in [-0.3, -0.25) is 4.98 Å². The van der Waals surface area contributed by atoms with Crippen LogP contribution in [-0.2, 0) is 0 Å². The van der Waals surface area contributed by atoms with E-state index in [-0.39, 0.29) is 17.9 Å². The van der Waals surface area contributed by atoms with Crippen molar-refractivity contribution in [3.05, 3.63) is 99.7 Å². The molecular formula is C30H27BrClFN4OS. The van der Waals surface area contributed by atoms with Crippen molar-refractivity contribution in [2.24, 2.45) is 5.92 Å². The first kappa shape index (κ1) is 26.3. The van der Waals surface area contributed by atoms with E-state index in [1.807, 2.05) is 35.2 Å². The van der Waals surface area contributed by atoms with Crippen LogP contribution in [0.5, 0.6) is 0 Å². The highest BCUT2D eigenvalue weighted by molar-refractivity contribution is 9.10. The lowest BCUT2D eigenvalue weighted by Gasteiger charge is -2.33. The van der Waals surface area contributed by atoms with Gasteiger partial charge < -0.3 is 19.5 Å². The molecule has 2 aliphatic rings. The molecule has 2 saturated heterocycles. The zero-order chi connectivity index (χ0) is 27.1. The SMILES string of the molecule is CC1CCN(c2ccc(N3C(=S)N[C@H](c4ccccn4)[C@@H]3c3ccc(-c4ccc(Br)cc4F)o3)cc2Cl)CC1. The Balaban J connectivity index is 1.38. The van der Waals surface area contributed by atoms with E-state index in [1.54, 1.807) is 24.4 Å². The summed E-state index contributed by atoms with van der Waals surface area (Å²) in [6, 6.07) is 19.8. The van der Waals surface area contributed by atoms with Gasteiger partial charge in [0.15, 0.2) is 5.11 Å². The number of hydrogen-bond acceptors (Lipinski definition) is 4. The number of aromatic nitrogens is 1. The van der Waals surface area contributed by atoms with Crippen LogP contribution in [0.2, 0.25) is 5.02 Å². The van der Waals surface area contributed by atoms with E-state index >= 15 is 0 Å². The number of anilines is 2. The lowest BCUT2D eigenvalue weighted by Crippen LogP contribution is -2.33. The predicted molar refractivity (Wildman–Crippen MR) is 162 cm³/mol. The molecule has 4 heterocycles. The van der Waals surface area contributed by atoms with Gasteiger partial charge in [0.25, 0.3) is 0 Å². The maximum Gasteiger partial charge on any atom is 0.174 e. The normalized spacial score (nSPS) is 19.9. The second-order valence-electron chi connectivity index (χ2n) is 10.1. The van der Waals surface area contributed by atoms with Crippen LogP contribution >= 0.6 is 39.7 Å². The van der Waals surface area contributed by atoms with Gasteiger partial charge in [-0.2, -0.15) is 0 Å². The molecule has 2 aromatic carbocycles. The lowest BCUT2D eigenvalue weighted by atomic mass is 9.98. The summed E-state index contributed by atoms with van der Waals surface area (Å²) in [6.07, 6.45) is 4.08. The second kappa shape index (κ2) is 10.9. The summed E-state index contributed by atoms with van der Waals surface area (Å²) >= 11 is 16.0. The standard InChI is InChI=1S/C30H27BrClFN4OS/c1-18-11-14-36(15-12-18)25-8-6-20(17-22(25)32)37-29(28(35-30(37)39)24-4-2-3-13-34-24)27-10-9-26(38-27)21-7-5-19(31)16-23(21)33/h2-10,13,16-18,28-29H,11-12,14-15H2,1H3,(H,35,39)/t28-,29+/m1/s1. The molecule has 39 heavy (non-hydrogen) atoms. The van der Waals surface area contributed by atoms with Crippen molar-refractivity contribution in [3.63, 3.8) is 0 Å². The van der Waals surface area contributed by atoms with Crippen LogP contribution in [0.25, 0.3) is 11.3 Å². The average molecular weight is 626 g/mol. The molecule has 0 radical (unpaired) electrons. The molecule has 2 atom stereocenters. The molecule has 0 aliphatic carbocycles. The van der Waals surface area contributed by atoms with Crippen molar-refractivity contribution in [2.75, 3.05) is 22.9 Å². The van der Waals surface area contributed by atoms with Gasteiger partial charge in [0.1, 0.15) is 23.4 Å². The summed E-state index contributed by atoms with van der Waals surface area (Å²) in [7, 11) is 0. The molecule has 2 aromatic heterocycles. The number of hydrogen-bond donors (Lipinski definition) is 1. The van der Waals surface area contributed by atoms with E-state index in [4.69, 9.17) is 28.2 Å². The minimum absolute atomic E-state index is 0.283. The lowest BCUT2D eigenvalue weighted by molar-refractivity contribution is 0.437. The molecule has 6 rings (SSSR count). The third-order valence-corrected chi connectivity index (χ3v) is 8.66. The fourth-order valence-electron chi connectivity index (χ4n) is 5.42. The Hall–Kier alpha value is -2.94. The van der Waals surface area contributed by atoms with Crippen LogP contribution in [0.4, 0.5) is 15.8 Å². The molecule has 4 aromatic rings. The van der Waals surface area contributed by atoms with Crippen LogP contribution in [-0.4, -0.2) is 23.2 Å². The monoisotopic (exact) mass is 624 g/mol. The van der Waals surface area contributed by atoms with E-state index in [2.05, 4.69) is 50.2 Å². The van der Waals surface area contributed by atoms with E-state index in [0.29, 0.717) is 31.7 Å². The Morgan fingerprint density at radius 1 is 1.08 bits per heavy atom. The Morgan fingerprint density at radius 3 is 2.62 bits per heavy atom. The molecular weight excluding hydrogens is 599 g/mol. The molecule has 2 fully saturated rings. The molecule has 0 spiro atoms. The number of nitrogens with one attached hydrogen (secondary N) is 1. The summed E-state index contributed by atoms with van der Waals surface area (Å²) in [5.74, 6) is 1.46. The number of pyridine rings is 1. The van der Waals surface area contributed by atoms with Gasteiger partial charge in [-0.15, -0.1) is 0 Å². The molecule has 9 heteroatoms. The Kier molecular flexibility index (Phi) is 7.35. The molecule has 0 amide bonds. The summed E-state index contributed by atoms with van der Waals surface area (Å²) < 4.78 is 21.8. The Morgan fingerprint density at radius 2 is 1.90 bits per heavy atom. The van der Waals surface area contributed by atoms with Gasteiger partial charge in [0, 0.05) is 29.4 Å². The summed E-state index contributed by atoms with van der Waals surface area (Å²) in [5.41, 5.74) is 3.10. The van der Waals surface area contributed by atoms with Gasteiger partial charge in [-0.25, -0.2) is 4.39 Å². The largest absolute Gasteiger partial charge is 0.459 e. The zero-order valence-corrected chi connectivity index (χ0v) is 24.4. The molecule has 2 aliphatic heterocycles. The smallest absolute Gasteiger partial charge is 0.174 e. The molecule has 0 saturated carbocycles. The number of halogens is 3. The number of benzene rings is 2. The molecule has 1 N–H and O–H groups in total. The highest BCUT2D eigenvalue weighted by Crippen LogP contribution is 2.44. The van der Waals surface area contributed by atoms with E-state index in [0.717, 1.165) is 48.9 Å². The predicted octanol–water partition coefficient (Wildman–Crippen LogP) is 8.31. The third kappa shape index (κ3) is 5.17. The van der Waals surface area contributed by atoms with Crippen LogP contribution in [0, 0.1) is 11.7 Å². The fourth-order valence-corrected chi connectivity index (χ4v) is 6.39. The Labute approximate surface area is 246 Å². The van der Waals surface area contributed by atoms with Crippen LogP contribution in [0.15, 0.2) is 81.8 Å². The molecule has 0 bridgehead atoms. The molecule has 200 valence electrons. The van der Waals surface area contributed by atoms with Gasteiger partial charge >= 0.3 is 0 Å².